The van der Waals surface area contributed by atoms with Crippen molar-refractivity contribution in [1.29, 1.82) is 0 Å². The lowest BCUT2D eigenvalue weighted by Gasteiger charge is -2.23. The number of rotatable bonds is 6. The van der Waals surface area contributed by atoms with E-state index in [4.69, 9.17) is 9.47 Å². The van der Waals surface area contributed by atoms with Gasteiger partial charge in [-0.05, 0) is 42.3 Å². The van der Waals surface area contributed by atoms with Crippen molar-refractivity contribution in [1.82, 2.24) is 9.97 Å². The molecule has 0 radical (unpaired) electrons. The Kier molecular flexibility index (Phi) is 6.03. The summed E-state index contributed by atoms with van der Waals surface area (Å²) in [5.41, 5.74) is 2.12. The average molecular weight is 514 g/mol. The molecule has 2 N–H and O–H groups in total. The number of anilines is 1. The number of nitro benzene ring substituents is 1. The van der Waals surface area contributed by atoms with Crippen LogP contribution in [-0.2, 0) is 9.59 Å². The molecule has 0 saturated carbocycles. The molecule has 1 aliphatic rings. The lowest BCUT2D eigenvalue weighted by atomic mass is 9.95. The van der Waals surface area contributed by atoms with Gasteiger partial charge in [0.05, 0.1) is 41.8 Å². The Hall–Kier alpha value is -5.19. The van der Waals surface area contributed by atoms with Crippen LogP contribution in [0.3, 0.4) is 0 Å². The van der Waals surface area contributed by atoms with E-state index in [1.165, 1.54) is 37.3 Å². The largest absolute Gasteiger partial charge is 0.507 e. The number of benzene rings is 3. The van der Waals surface area contributed by atoms with Crippen molar-refractivity contribution >= 4 is 40.1 Å². The number of aromatic amines is 1. The Balaban J connectivity index is 1.75. The van der Waals surface area contributed by atoms with E-state index in [0.29, 0.717) is 28.1 Å². The normalized spacial score (nSPS) is 16.7. The molecule has 11 nitrogen and oxygen atoms in total. The molecule has 1 fully saturated rings. The van der Waals surface area contributed by atoms with Gasteiger partial charge in [0.25, 0.3) is 11.5 Å². The number of nitrogens with one attached hydrogen (secondary N) is 1. The number of nitro groups is 1. The molecule has 3 aromatic carbocycles. The third-order valence-electron chi connectivity index (χ3n) is 6.35. The first-order valence-corrected chi connectivity index (χ1v) is 11.5. The van der Waals surface area contributed by atoms with Crippen molar-refractivity contribution in [2.45, 2.75) is 13.0 Å². The minimum Gasteiger partial charge on any atom is -0.507 e. The fourth-order valence-electron chi connectivity index (χ4n) is 4.54. The van der Waals surface area contributed by atoms with Gasteiger partial charge in [-0.25, -0.2) is 4.98 Å². The van der Waals surface area contributed by atoms with Gasteiger partial charge in [-0.3, -0.25) is 24.6 Å². The van der Waals surface area contributed by atoms with Gasteiger partial charge in [-0.2, -0.15) is 0 Å². The van der Waals surface area contributed by atoms with Gasteiger partial charge in [-0.15, -0.1) is 0 Å². The van der Waals surface area contributed by atoms with Gasteiger partial charge in [0.1, 0.15) is 5.76 Å². The molecule has 1 saturated heterocycles. The van der Waals surface area contributed by atoms with Crippen molar-refractivity contribution in [3.05, 3.63) is 93.0 Å². The maximum absolute atomic E-state index is 13.4. The van der Waals surface area contributed by atoms with E-state index in [1.807, 2.05) is 19.1 Å². The standard InChI is InChI=1S/C27H22N4O7/c1-14-7-9-18-19(11-14)29-27(28-18)30-23(15-8-10-20(37-2)21(13-15)38-3)22(25(33)26(30)34)24(32)16-5-4-6-17(12-16)31(35)36/h4-13,23,32H,1-3H3,(H,28,29)/b24-22+. The highest BCUT2D eigenvalue weighted by Crippen LogP contribution is 2.44. The number of ketones is 1. The van der Waals surface area contributed by atoms with Gasteiger partial charge in [0.15, 0.2) is 11.5 Å². The van der Waals surface area contributed by atoms with Crippen molar-refractivity contribution < 1.29 is 29.1 Å². The van der Waals surface area contributed by atoms with Gasteiger partial charge in [0.2, 0.25) is 5.95 Å². The lowest BCUT2D eigenvalue weighted by molar-refractivity contribution is -0.384. The third kappa shape index (κ3) is 3.99. The zero-order valence-electron chi connectivity index (χ0n) is 20.6. The fourth-order valence-corrected chi connectivity index (χ4v) is 4.54. The highest BCUT2D eigenvalue weighted by molar-refractivity contribution is 6.51. The average Bonchev–Trinajstić information content (AvgIpc) is 3.45. The molecule has 1 amide bonds. The first-order chi connectivity index (χ1) is 18.2. The Morgan fingerprint density at radius 3 is 2.53 bits per heavy atom. The van der Waals surface area contributed by atoms with E-state index in [1.54, 1.807) is 24.3 Å². The number of aromatic nitrogens is 2. The van der Waals surface area contributed by atoms with Crippen molar-refractivity contribution in [3.8, 4) is 11.5 Å². The summed E-state index contributed by atoms with van der Waals surface area (Å²) < 4.78 is 10.7. The van der Waals surface area contributed by atoms with Gasteiger partial charge >= 0.3 is 5.91 Å². The number of non-ortho nitro benzene ring substituents is 1. The fraction of sp³-hybridized carbons (Fsp3) is 0.148. The summed E-state index contributed by atoms with van der Waals surface area (Å²) >= 11 is 0. The first kappa shape index (κ1) is 24.5. The molecule has 1 aromatic heterocycles. The van der Waals surface area contributed by atoms with E-state index in [-0.39, 0.29) is 22.8 Å². The van der Waals surface area contributed by atoms with Crippen molar-refractivity contribution in [2.75, 3.05) is 19.1 Å². The second-order valence-corrected chi connectivity index (χ2v) is 8.67. The summed E-state index contributed by atoms with van der Waals surface area (Å²) in [6.07, 6.45) is 0. The van der Waals surface area contributed by atoms with Gasteiger partial charge < -0.3 is 19.6 Å². The van der Waals surface area contributed by atoms with Gasteiger partial charge in [-0.1, -0.05) is 24.3 Å². The summed E-state index contributed by atoms with van der Waals surface area (Å²) in [7, 11) is 2.92. The molecule has 1 atom stereocenters. The van der Waals surface area contributed by atoms with E-state index < -0.39 is 28.4 Å². The number of amides is 1. The quantitative estimate of drug-likeness (QED) is 0.126. The van der Waals surface area contributed by atoms with Crippen molar-refractivity contribution in [2.24, 2.45) is 0 Å². The SMILES string of the molecule is COc1ccc(C2/C(=C(\O)c3cccc([N+](=O)[O-])c3)C(=O)C(=O)N2c2nc3ccc(C)cc3[nH]2)cc1OC. The number of hydrogen-bond acceptors (Lipinski definition) is 8. The molecule has 0 bridgehead atoms. The Labute approximate surface area is 216 Å². The number of carbonyl (C=O) groups is 2. The molecule has 5 rings (SSSR count). The number of ether oxygens (including phenoxy) is 2. The van der Waals surface area contributed by atoms with E-state index >= 15 is 0 Å². The maximum Gasteiger partial charge on any atom is 0.302 e. The molecule has 0 aliphatic carbocycles. The van der Waals surface area contributed by atoms with Crippen LogP contribution in [0.2, 0.25) is 0 Å². The summed E-state index contributed by atoms with van der Waals surface area (Å²) in [6.45, 7) is 1.91. The zero-order valence-corrected chi connectivity index (χ0v) is 20.6. The number of nitrogens with zero attached hydrogens (tertiary/aromatic N) is 3. The molecular formula is C27H22N4O7. The molecular weight excluding hydrogens is 492 g/mol. The summed E-state index contributed by atoms with van der Waals surface area (Å²) in [6, 6.07) is 14.4. The van der Waals surface area contributed by atoms with Crippen LogP contribution in [-0.4, -0.2) is 45.9 Å². The van der Waals surface area contributed by atoms with Crippen LogP contribution in [0.4, 0.5) is 11.6 Å². The number of carbonyl (C=O) groups excluding carboxylic acids is 2. The Morgan fingerprint density at radius 1 is 1.05 bits per heavy atom. The van der Waals surface area contributed by atoms with Gasteiger partial charge in [0, 0.05) is 17.7 Å². The second kappa shape index (κ2) is 9.36. The highest BCUT2D eigenvalue weighted by atomic mass is 16.6. The molecule has 4 aromatic rings. The van der Waals surface area contributed by atoms with E-state index in [0.717, 1.165) is 11.6 Å². The third-order valence-corrected chi connectivity index (χ3v) is 6.35. The Bertz CT molecular complexity index is 1660. The van der Waals surface area contributed by atoms with Crippen LogP contribution in [0.15, 0.2) is 66.2 Å². The number of aryl methyl sites for hydroxylation is 1. The number of imidazole rings is 1. The summed E-state index contributed by atoms with van der Waals surface area (Å²) in [4.78, 5) is 46.3. The lowest BCUT2D eigenvalue weighted by Crippen LogP contribution is -2.30. The predicted octanol–water partition coefficient (Wildman–Crippen LogP) is 4.42. The molecule has 2 heterocycles. The van der Waals surface area contributed by atoms with Crippen LogP contribution in [0.25, 0.3) is 16.8 Å². The monoisotopic (exact) mass is 514 g/mol. The minimum absolute atomic E-state index is 0.0166. The number of fused-ring (bicyclic) bond motifs is 1. The number of methoxy groups -OCH3 is 2. The van der Waals surface area contributed by atoms with Crippen LogP contribution in [0.1, 0.15) is 22.7 Å². The van der Waals surface area contributed by atoms with Crippen LogP contribution >= 0.6 is 0 Å². The van der Waals surface area contributed by atoms with Crippen molar-refractivity contribution in [3.63, 3.8) is 0 Å². The molecule has 192 valence electrons. The molecule has 0 spiro atoms. The topological polar surface area (TPSA) is 148 Å². The summed E-state index contributed by atoms with van der Waals surface area (Å²) in [5, 5.41) is 22.6. The van der Waals surface area contributed by atoms with Crippen LogP contribution in [0, 0.1) is 17.0 Å². The summed E-state index contributed by atoms with van der Waals surface area (Å²) in [5.74, 6) is -1.58. The van der Waals surface area contributed by atoms with E-state index in [9.17, 15) is 24.8 Å². The highest BCUT2D eigenvalue weighted by Gasteiger charge is 2.48. The van der Waals surface area contributed by atoms with E-state index in [2.05, 4.69) is 9.97 Å². The second-order valence-electron chi connectivity index (χ2n) is 8.67. The zero-order chi connectivity index (χ0) is 27.1. The number of aliphatic hydroxyl groups excluding tert-OH is 1. The molecule has 1 unspecified atom stereocenters. The number of H-pyrrole nitrogens is 1. The van der Waals surface area contributed by atoms with Crippen LogP contribution < -0.4 is 14.4 Å². The number of Topliss-reactive ketones (excluding diaryl/α,β-unsaturated/α-hetero) is 1. The molecule has 11 heteroatoms. The maximum atomic E-state index is 13.4. The molecule has 38 heavy (non-hydrogen) atoms. The first-order valence-electron chi connectivity index (χ1n) is 11.5. The Morgan fingerprint density at radius 2 is 1.82 bits per heavy atom. The number of hydrogen-bond donors (Lipinski definition) is 2. The predicted molar refractivity (Wildman–Crippen MR) is 138 cm³/mol. The minimum atomic E-state index is -1.13. The number of aliphatic hydroxyl groups is 1. The molecule has 1 aliphatic heterocycles. The van der Waals surface area contributed by atoms with Crippen LogP contribution in [0.5, 0.6) is 11.5 Å². The smallest absolute Gasteiger partial charge is 0.302 e.